The van der Waals surface area contributed by atoms with Crippen LogP contribution in [-0.4, -0.2) is 6.04 Å². The second kappa shape index (κ2) is 7.06. The number of benzene rings is 1. The molecule has 0 heterocycles. The highest BCUT2D eigenvalue weighted by molar-refractivity contribution is 5.51. The summed E-state index contributed by atoms with van der Waals surface area (Å²) in [5, 5.41) is 12.4. The summed E-state index contributed by atoms with van der Waals surface area (Å²) in [6.45, 7) is 8.73. The van der Waals surface area contributed by atoms with Crippen LogP contribution in [0.5, 0.6) is 0 Å². The van der Waals surface area contributed by atoms with Crippen molar-refractivity contribution in [2.75, 3.05) is 5.32 Å². The molecule has 0 fully saturated rings. The Bertz CT molecular complexity index is 416. The number of aryl methyl sites for hydroxylation is 1. The lowest BCUT2D eigenvalue weighted by molar-refractivity contribution is 0.520. The van der Waals surface area contributed by atoms with Crippen molar-refractivity contribution >= 4 is 5.69 Å². The van der Waals surface area contributed by atoms with Gasteiger partial charge >= 0.3 is 0 Å². The smallest absolute Gasteiger partial charge is 0.0994 e. The van der Waals surface area contributed by atoms with E-state index in [1.165, 1.54) is 19.3 Å². The SMILES string of the molecule is Cc1cc(NC(C)CCCC(C)C)ccc1C#N. The van der Waals surface area contributed by atoms with Crippen LogP contribution in [-0.2, 0) is 0 Å². The minimum absolute atomic E-state index is 0.482. The number of anilines is 1. The number of nitrogens with one attached hydrogen (secondary N) is 1. The first-order valence-electron chi connectivity index (χ1n) is 6.80. The molecule has 0 saturated carbocycles. The number of hydrogen-bond acceptors (Lipinski definition) is 2. The van der Waals surface area contributed by atoms with E-state index < -0.39 is 0 Å². The third kappa shape index (κ3) is 4.79. The topological polar surface area (TPSA) is 35.8 Å². The van der Waals surface area contributed by atoms with Crippen LogP contribution in [0.2, 0.25) is 0 Å². The van der Waals surface area contributed by atoms with Crippen LogP contribution in [0, 0.1) is 24.2 Å². The fourth-order valence-electron chi connectivity index (χ4n) is 2.07. The van der Waals surface area contributed by atoms with Crippen molar-refractivity contribution in [3.05, 3.63) is 29.3 Å². The molecule has 1 aromatic carbocycles. The first-order valence-corrected chi connectivity index (χ1v) is 6.80. The van der Waals surface area contributed by atoms with Crippen molar-refractivity contribution in [2.24, 2.45) is 5.92 Å². The molecule has 1 aromatic rings. The van der Waals surface area contributed by atoms with E-state index in [1.807, 2.05) is 19.1 Å². The highest BCUT2D eigenvalue weighted by atomic mass is 14.9. The predicted octanol–water partition coefficient (Wildman–Crippen LogP) is 4.49. The quantitative estimate of drug-likeness (QED) is 0.800. The second-order valence-corrected chi connectivity index (χ2v) is 5.51. The monoisotopic (exact) mass is 244 g/mol. The van der Waals surface area contributed by atoms with Gasteiger partial charge in [-0.15, -0.1) is 0 Å². The summed E-state index contributed by atoms with van der Waals surface area (Å²) in [6.07, 6.45) is 3.75. The lowest BCUT2D eigenvalue weighted by atomic mass is 10.0. The second-order valence-electron chi connectivity index (χ2n) is 5.51. The van der Waals surface area contributed by atoms with Gasteiger partial charge in [0.25, 0.3) is 0 Å². The van der Waals surface area contributed by atoms with E-state index in [0.29, 0.717) is 6.04 Å². The Labute approximate surface area is 111 Å². The maximum Gasteiger partial charge on any atom is 0.0994 e. The summed E-state index contributed by atoms with van der Waals surface area (Å²) in [5.74, 6) is 0.786. The van der Waals surface area contributed by atoms with E-state index in [0.717, 1.165) is 22.7 Å². The molecule has 2 nitrogen and oxygen atoms in total. The van der Waals surface area contributed by atoms with Gasteiger partial charge in [-0.1, -0.05) is 26.7 Å². The van der Waals surface area contributed by atoms with Crippen LogP contribution in [0.3, 0.4) is 0 Å². The first-order chi connectivity index (χ1) is 8.52. The van der Waals surface area contributed by atoms with Crippen LogP contribution in [0.1, 0.15) is 51.2 Å². The van der Waals surface area contributed by atoms with E-state index >= 15 is 0 Å². The van der Waals surface area contributed by atoms with E-state index in [4.69, 9.17) is 5.26 Å². The van der Waals surface area contributed by atoms with Gasteiger partial charge in [-0.2, -0.15) is 5.26 Å². The standard InChI is InChI=1S/C16H24N2/c1-12(2)6-5-7-14(4)18-16-9-8-15(11-17)13(3)10-16/h8-10,12,14,18H,5-7H2,1-4H3. The molecule has 18 heavy (non-hydrogen) atoms. The summed E-state index contributed by atoms with van der Waals surface area (Å²) in [7, 11) is 0. The molecule has 1 unspecified atom stereocenters. The van der Waals surface area contributed by atoms with E-state index in [1.54, 1.807) is 0 Å². The molecule has 0 aliphatic carbocycles. The molecule has 2 heteroatoms. The van der Waals surface area contributed by atoms with Crippen LogP contribution in [0.25, 0.3) is 0 Å². The number of rotatable bonds is 6. The summed E-state index contributed by atoms with van der Waals surface area (Å²) in [6, 6.07) is 8.61. The molecule has 0 amide bonds. The summed E-state index contributed by atoms with van der Waals surface area (Å²) in [4.78, 5) is 0. The van der Waals surface area contributed by atoms with Gasteiger partial charge in [-0.05, 0) is 49.9 Å². The molecule has 98 valence electrons. The van der Waals surface area contributed by atoms with Crippen LogP contribution >= 0.6 is 0 Å². The number of hydrogen-bond donors (Lipinski definition) is 1. The van der Waals surface area contributed by atoms with Gasteiger partial charge in [0.15, 0.2) is 0 Å². The Kier molecular flexibility index (Phi) is 5.71. The fraction of sp³-hybridized carbons (Fsp3) is 0.562. The molecule has 0 bridgehead atoms. The third-order valence-corrected chi connectivity index (χ3v) is 3.18. The van der Waals surface area contributed by atoms with Crippen molar-refractivity contribution in [2.45, 2.75) is 53.0 Å². The first kappa shape index (κ1) is 14.6. The van der Waals surface area contributed by atoms with Crippen molar-refractivity contribution in [1.82, 2.24) is 0 Å². The Hall–Kier alpha value is -1.49. The Balaban J connectivity index is 2.47. The van der Waals surface area contributed by atoms with Crippen LogP contribution in [0.15, 0.2) is 18.2 Å². The molecule has 0 spiro atoms. The summed E-state index contributed by atoms with van der Waals surface area (Å²) in [5.41, 5.74) is 2.91. The zero-order chi connectivity index (χ0) is 13.5. The summed E-state index contributed by atoms with van der Waals surface area (Å²) >= 11 is 0. The van der Waals surface area contributed by atoms with E-state index in [2.05, 4.69) is 38.2 Å². The molecule has 0 radical (unpaired) electrons. The maximum absolute atomic E-state index is 8.89. The van der Waals surface area contributed by atoms with Gasteiger partial charge in [0.2, 0.25) is 0 Å². The fourth-order valence-corrected chi connectivity index (χ4v) is 2.07. The number of nitrogens with zero attached hydrogens (tertiary/aromatic N) is 1. The summed E-state index contributed by atoms with van der Waals surface area (Å²) < 4.78 is 0. The van der Waals surface area contributed by atoms with E-state index in [9.17, 15) is 0 Å². The van der Waals surface area contributed by atoms with Crippen molar-refractivity contribution < 1.29 is 0 Å². The average Bonchev–Trinajstić information content (AvgIpc) is 2.28. The maximum atomic E-state index is 8.89. The van der Waals surface area contributed by atoms with Crippen molar-refractivity contribution in [3.8, 4) is 6.07 Å². The molecular formula is C16H24N2. The Morgan fingerprint density at radius 3 is 2.50 bits per heavy atom. The molecular weight excluding hydrogens is 220 g/mol. The highest BCUT2D eigenvalue weighted by Crippen LogP contribution is 2.17. The lowest BCUT2D eigenvalue weighted by Gasteiger charge is -2.16. The van der Waals surface area contributed by atoms with Crippen molar-refractivity contribution in [3.63, 3.8) is 0 Å². The van der Waals surface area contributed by atoms with Gasteiger partial charge in [0.05, 0.1) is 11.6 Å². The predicted molar refractivity (Wildman–Crippen MR) is 77.7 cm³/mol. The van der Waals surface area contributed by atoms with Crippen LogP contribution in [0.4, 0.5) is 5.69 Å². The molecule has 1 rings (SSSR count). The Morgan fingerprint density at radius 1 is 1.22 bits per heavy atom. The van der Waals surface area contributed by atoms with Crippen molar-refractivity contribution in [1.29, 1.82) is 5.26 Å². The van der Waals surface area contributed by atoms with Crippen LogP contribution < -0.4 is 5.32 Å². The minimum atomic E-state index is 0.482. The molecule has 0 saturated heterocycles. The Morgan fingerprint density at radius 2 is 1.94 bits per heavy atom. The van der Waals surface area contributed by atoms with Gasteiger partial charge in [-0.25, -0.2) is 0 Å². The van der Waals surface area contributed by atoms with E-state index in [-0.39, 0.29) is 0 Å². The molecule has 0 aromatic heterocycles. The van der Waals surface area contributed by atoms with Gasteiger partial charge in [0, 0.05) is 11.7 Å². The molecule has 0 aliphatic rings. The third-order valence-electron chi connectivity index (χ3n) is 3.18. The molecule has 0 aliphatic heterocycles. The minimum Gasteiger partial charge on any atom is -0.383 e. The average molecular weight is 244 g/mol. The number of nitriles is 1. The largest absolute Gasteiger partial charge is 0.383 e. The van der Waals surface area contributed by atoms with Gasteiger partial charge < -0.3 is 5.32 Å². The molecule has 1 N–H and O–H groups in total. The molecule has 1 atom stereocenters. The normalized spacial score (nSPS) is 12.2. The van der Waals surface area contributed by atoms with Gasteiger partial charge in [-0.3, -0.25) is 0 Å². The lowest BCUT2D eigenvalue weighted by Crippen LogP contribution is -2.15. The zero-order valence-corrected chi connectivity index (χ0v) is 12.0. The highest BCUT2D eigenvalue weighted by Gasteiger charge is 2.04. The zero-order valence-electron chi connectivity index (χ0n) is 12.0. The van der Waals surface area contributed by atoms with Gasteiger partial charge in [0.1, 0.15) is 0 Å².